The predicted octanol–water partition coefficient (Wildman–Crippen LogP) is 4.10. The molecule has 3 aromatic carbocycles. The second-order valence-corrected chi connectivity index (χ2v) is 5.64. The molecule has 5 heteroatoms. The SMILES string of the molecule is CNC(=O)c1ccccc1NC(=O)c1cc(-c2ccccc2)ccc1F. The van der Waals surface area contributed by atoms with Crippen LogP contribution in [-0.2, 0) is 0 Å². The summed E-state index contributed by atoms with van der Waals surface area (Å²) in [7, 11) is 1.50. The van der Waals surface area contributed by atoms with Gasteiger partial charge in [-0.15, -0.1) is 0 Å². The molecule has 0 spiro atoms. The molecule has 0 heterocycles. The largest absolute Gasteiger partial charge is 0.355 e. The zero-order valence-corrected chi connectivity index (χ0v) is 14.1. The Kier molecular flexibility index (Phi) is 5.08. The summed E-state index contributed by atoms with van der Waals surface area (Å²) in [4.78, 5) is 24.5. The number of halogens is 1. The lowest BCUT2D eigenvalue weighted by Gasteiger charge is -2.11. The molecule has 4 nitrogen and oxygen atoms in total. The fraction of sp³-hybridized carbons (Fsp3) is 0.0476. The minimum absolute atomic E-state index is 0.0851. The molecule has 0 aromatic heterocycles. The average molecular weight is 348 g/mol. The van der Waals surface area contributed by atoms with E-state index in [0.29, 0.717) is 11.3 Å². The molecule has 2 amide bonds. The Balaban J connectivity index is 1.93. The van der Waals surface area contributed by atoms with E-state index in [0.717, 1.165) is 11.1 Å². The molecule has 0 radical (unpaired) electrons. The van der Waals surface area contributed by atoms with E-state index in [9.17, 15) is 14.0 Å². The van der Waals surface area contributed by atoms with Crippen molar-refractivity contribution < 1.29 is 14.0 Å². The maximum absolute atomic E-state index is 14.2. The zero-order chi connectivity index (χ0) is 18.5. The van der Waals surface area contributed by atoms with E-state index >= 15 is 0 Å². The Morgan fingerprint density at radius 1 is 0.769 bits per heavy atom. The lowest BCUT2D eigenvalue weighted by atomic mass is 10.0. The van der Waals surface area contributed by atoms with Crippen molar-refractivity contribution in [3.05, 3.63) is 89.7 Å². The van der Waals surface area contributed by atoms with Crippen molar-refractivity contribution >= 4 is 17.5 Å². The lowest BCUT2D eigenvalue weighted by Crippen LogP contribution is -2.21. The number of rotatable bonds is 4. The summed E-state index contributed by atoms with van der Waals surface area (Å²) in [6.45, 7) is 0. The molecule has 0 bridgehead atoms. The molecule has 26 heavy (non-hydrogen) atoms. The van der Waals surface area contributed by atoms with Crippen LogP contribution in [0.4, 0.5) is 10.1 Å². The van der Waals surface area contributed by atoms with E-state index in [1.54, 1.807) is 30.3 Å². The summed E-state index contributed by atoms with van der Waals surface area (Å²) >= 11 is 0. The van der Waals surface area contributed by atoms with Gasteiger partial charge in [-0.05, 0) is 35.4 Å². The van der Waals surface area contributed by atoms with Crippen LogP contribution < -0.4 is 10.6 Å². The molecule has 130 valence electrons. The summed E-state index contributed by atoms with van der Waals surface area (Å²) in [6, 6.07) is 20.4. The first-order valence-corrected chi connectivity index (χ1v) is 8.07. The Morgan fingerprint density at radius 3 is 2.19 bits per heavy atom. The maximum atomic E-state index is 14.2. The van der Waals surface area contributed by atoms with Crippen molar-refractivity contribution in [3.63, 3.8) is 0 Å². The van der Waals surface area contributed by atoms with Crippen molar-refractivity contribution in [3.8, 4) is 11.1 Å². The van der Waals surface area contributed by atoms with Crippen molar-refractivity contribution in [2.24, 2.45) is 0 Å². The van der Waals surface area contributed by atoms with E-state index in [1.807, 2.05) is 30.3 Å². The maximum Gasteiger partial charge on any atom is 0.258 e. The van der Waals surface area contributed by atoms with Crippen LogP contribution in [0.5, 0.6) is 0 Å². The van der Waals surface area contributed by atoms with Gasteiger partial charge in [0.15, 0.2) is 0 Å². The van der Waals surface area contributed by atoms with Gasteiger partial charge in [0.2, 0.25) is 0 Å². The van der Waals surface area contributed by atoms with Crippen LogP contribution in [0.25, 0.3) is 11.1 Å². The number of para-hydroxylation sites is 1. The first kappa shape index (κ1) is 17.4. The zero-order valence-electron chi connectivity index (χ0n) is 14.1. The van der Waals surface area contributed by atoms with Gasteiger partial charge in [-0.25, -0.2) is 4.39 Å². The lowest BCUT2D eigenvalue weighted by molar-refractivity contribution is 0.0964. The first-order valence-electron chi connectivity index (χ1n) is 8.07. The normalized spacial score (nSPS) is 10.2. The smallest absolute Gasteiger partial charge is 0.258 e. The fourth-order valence-electron chi connectivity index (χ4n) is 2.62. The van der Waals surface area contributed by atoms with Gasteiger partial charge in [0.1, 0.15) is 5.82 Å². The van der Waals surface area contributed by atoms with Gasteiger partial charge in [-0.2, -0.15) is 0 Å². The molecular formula is C21H17FN2O2. The molecule has 0 saturated carbocycles. The second kappa shape index (κ2) is 7.61. The third kappa shape index (κ3) is 3.62. The van der Waals surface area contributed by atoms with Gasteiger partial charge in [-0.3, -0.25) is 9.59 Å². The van der Waals surface area contributed by atoms with Gasteiger partial charge in [0.25, 0.3) is 11.8 Å². The standard InChI is InChI=1S/C21H17FN2O2/c1-23-20(25)16-9-5-6-10-19(16)24-21(26)17-13-15(11-12-18(17)22)14-7-3-2-4-8-14/h2-13H,1H3,(H,23,25)(H,24,26). The van der Waals surface area contributed by atoms with Crippen LogP contribution in [-0.4, -0.2) is 18.9 Å². The molecule has 2 N–H and O–H groups in total. The van der Waals surface area contributed by atoms with E-state index < -0.39 is 11.7 Å². The van der Waals surface area contributed by atoms with Crippen LogP contribution in [0.1, 0.15) is 20.7 Å². The Bertz CT molecular complexity index is 955. The number of nitrogens with one attached hydrogen (secondary N) is 2. The van der Waals surface area contributed by atoms with Gasteiger partial charge in [0, 0.05) is 7.05 Å². The molecule has 0 atom stereocenters. The second-order valence-electron chi connectivity index (χ2n) is 5.64. The van der Waals surface area contributed by atoms with Crippen LogP contribution in [0.15, 0.2) is 72.8 Å². The summed E-state index contributed by atoms with van der Waals surface area (Å²) in [5, 5.41) is 5.13. The Hall–Kier alpha value is -3.47. The van der Waals surface area contributed by atoms with Gasteiger partial charge in [-0.1, -0.05) is 48.5 Å². The Labute approximate surface area is 150 Å². The van der Waals surface area contributed by atoms with Crippen molar-refractivity contribution in [1.29, 1.82) is 0 Å². The summed E-state index contributed by atoms with van der Waals surface area (Å²) < 4.78 is 14.2. The average Bonchev–Trinajstić information content (AvgIpc) is 2.68. The number of hydrogen-bond acceptors (Lipinski definition) is 2. The third-order valence-corrected chi connectivity index (χ3v) is 3.97. The highest BCUT2D eigenvalue weighted by molar-refractivity contribution is 6.09. The highest BCUT2D eigenvalue weighted by Crippen LogP contribution is 2.23. The highest BCUT2D eigenvalue weighted by atomic mass is 19.1. The van der Waals surface area contributed by atoms with Crippen LogP contribution in [0, 0.1) is 5.82 Å². The van der Waals surface area contributed by atoms with Crippen molar-refractivity contribution in [2.75, 3.05) is 12.4 Å². The molecule has 0 saturated heterocycles. The van der Waals surface area contributed by atoms with Crippen LogP contribution in [0.3, 0.4) is 0 Å². The van der Waals surface area contributed by atoms with Crippen molar-refractivity contribution in [1.82, 2.24) is 5.32 Å². The number of carbonyl (C=O) groups is 2. The van der Waals surface area contributed by atoms with Gasteiger partial charge < -0.3 is 10.6 Å². The monoisotopic (exact) mass is 348 g/mol. The molecule has 0 aliphatic rings. The molecule has 0 unspecified atom stereocenters. The van der Waals surface area contributed by atoms with E-state index in [4.69, 9.17) is 0 Å². The number of carbonyl (C=O) groups excluding carboxylic acids is 2. The Morgan fingerprint density at radius 2 is 1.46 bits per heavy atom. The summed E-state index contributed by atoms with van der Waals surface area (Å²) in [5.74, 6) is -1.57. The first-order chi connectivity index (χ1) is 12.6. The fourth-order valence-corrected chi connectivity index (χ4v) is 2.62. The summed E-state index contributed by atoms with van der Waals surface area (Å²) in [6.07, 6.45) is 0. The van der Waals surface area contributed by atoms with E-state index in [2.05, 4.69) is 10.6 Å². The van der Waals surface area contributed by atoms with Gasteiger partial charge >= 0.3 is 0 Å². The highest BCUT2D eigenvalue weighted by Gasteiger charge is 2.16. The quantitative estimate of drug-likeness (QED) is 0.746. The number of hydrogen-bond donors (Lipinski definition) is 2. The minimum Gasteiger partial charge on any atom is -0.355 e. The molecule has 0 fully saturated rings. The topological polar surface area (TPSA) is 58.2 Å². The van der Waals surface area contributed by atoms with Gasteiger partial charge in [0.05, 0.1) is 16.8 Å². The third-order valence-electron chi connectivity index (χ3n) is 3.97. The molecule has 0 aliphatic heterocycles. The molecule has 0 aliphatic carbocycles. The number of anilines is 1. The number of benzene rings is 3. The van der Waals surface area contributed by atoms with Crippen LogP contribution in [0.2, 0.25) is 0 Å². The van der Waals surface area contributed by atoms with E-state index in [1.165, 1.54) is 19.2 Å². The van der Waals surface area contributed by atoms with Crippen LogP contribution >= 0.6 is 0 Å². The number of amides is 2. The van der Waals surface area contributed by atoms with E-state index in [-0.39, 0.29) is 11.5 Å². The molecule has 3 rings (SSSR count). The summed E-state index contributed by atoms with van der Waals surface area (Å²) in [5.41, 5.74) is 2.16. The molecular weight excluding hydrogens is 331 g/mol. The predicted molar refractivity (Wildman–Crippen MR) is 99.6 cm³/mol. The minimum atomic E-state index is -0.625. The molecule has 3 aromatic rings. The van der Waals surface area contributed by atoms with Crippen molar-refractivity contribution in [2.45, 2.75) is 0 Å².